The highest BCUT2D eigenvalue weighted by Crippen LogP contribution is 2.27. The molecule has 0 spiro atoms. The Morgan fingerprint density at radius 2 is 2.40 bits per heavy atom. The molecule has 1 atom stereocenters. The van der Waals surface area contributed by atoms with Crippen molar-refractivity contribution < 1.29 is 9.53 Å². The number of benzene rings is 1. The van der Waals surface area contributed by atoms with Crippen LogP contribution in [-0.2, 0) is 4.79 Å². The molecule has 20 heavy (non-hydrogen) atoms. The lowest BCUT2D eigenvalue weighted by Gasteiger charge is -2.31. The third-order valence-corrected chi connectivity index (χ3v) is 3.55. The van der Waals surface area contributed by atoms with Crippen LogP contribution < -0.4 is 15.4 Å². The molecule has 0 unspecified atom stereocenters. The lowest BCUT2D eigenvalue weighted by molar-refractivity contribution is -0.117. The zero-order chi connectivity index (χ0) is 14.5. The minimum atomic E-state index is -0.0275. The third-order valence-electron chi connectivity index (χ3n) is 3.26. The first-order valence-electron chi connectivity index (χ1n) is 6.67. The topological polar surface area (TPSA) is 53.6 Å². The number of nitrogens with one attached hydrogen (secondary N) is 2. The fourth-order valence-electron chi connectivity index (χ4n) is 2.30. The standard InChI is InChI=1S/C14H20ClN3O2/c1-10-8-18(6-5-16-10)9-14(19)17-11-3-4-13(20-2)12(15)7-11/h3-4,7,10,16H,5-6,8-9H2,1-2H3,(H,17,19)/t10-/m0/s1. The summed E-state index contributed by atoms with van der Waals surface area (Å²) in [6, 6.07) is 5.64. The van der Waals surface area contributed by atoms with Gasteiger partial charge in [0.25, 0.3) is 0 Å². The number of carbonyl (C=O) groups excluding carboxylic acids is 1. The molecule has 5 nitrogen and oxygen atoms in total. The van der Waals surface area contributed by atoms with E-state index in [1.54, 1.807) is 25.3 Å². The molecule has 0 aliphatic carbocycles. The molecule has 0 saturated carbocycles. The van der Waals surface area contributed by atoms with Crippen LogP contribution in [0, 0.1) is 0 Å². The van der Waals surface area contributed by atoms with Gasteiger partial charge in [-0.2, -0.15) is 0 Å². The van der Waals surface area contributed by atoms with Crippen molar-refractivity contribution in [2.75, 3.05) is 38.6 Å². The Balaban J connectivity index is 1.89. The average molecular weight is 298 g/mol. The van der Waals surface area contributed by atoms with Crippen LogP contribution >= 0.6 is 11.6 Å². The summed E-state index contributed by atoms with van der Waals surface area (Å²) in [5.74, 6) is 0.570. The summed E-state index contributed by atoms with van der Waals surface area (Å²) >= 11 is 6.03. The summed E-state index contributed by atoms with van der Waals surface area (Å²) in [7, 11) is 1.56. The molecule has 1 aliphatic rings. The van der Waals surface area contributed by atoms with E-state index in [0.717, 1.165) is 19.6 Å². The van der Waals surface area contributed by atoms with E-state index in [1.807, 2.05) is 0 Å². The first-order chi connectivity index (χ1) is 9.58. The second-order valence-electron chi connectivity index (χ2n) is 4.99. The Morgan fingerprint density at radius 1 is 1.60 bits per heavy atom. The van der Waals surface area contributed by atoms with Crippen molar-refractivity contribution in [2.45, 2.75) is 13.0 Å². The van der Waals surface area contributed by atoms with Crippen molar-refractivity contribution in [2.24, 2.45) is 0 Å². The first kappa shape index (κ1) is 15.1. The van der Waals surface area contributed by atoms with Crippen LogP contribution in [0.2, 0.25) is 5.02 Å². The highest BCUT2D eigenvalue weighted by atomic mass is 35.5. The molecule has 1 aromatic carbocycles. The molecular formula is C14H20ClN3O2. The van der Waals surface area contributed by atoms with E-state index in [4.69, 9.17) is 16.3 Å². The molecule has 1 saturated heterocycles. The highest BCUT2D eigenvalue weighted by molar-refractivity contribution is 6.32. The molecular weight excluding hydrogens is 278 g/mol. The van der Waals surface area contributed by atoms with Crippen molar-refractivity contribution in [3.05, 3.63) is 23.2 Å². The molecule has 1 aliphatic heterocycles. The summed E-state index contributed by atoms with van der Waals surface area (Å²) in [6.45, 7) is 5.21. The number of amides is 1. The number of hydrogen-bond donors (Lipinski definition) is 2. The number of hydrogen-bond acceptors (Lipinski definition) is 4. The van der Waals surface area contributed by atoms with Gasteiger partial charge >= 0.3 is 0 Å². The molecule has 1 amide bonds. The fourth-order valence-corrected chi connectivity index (χ4v) is 2.56. The normalized spacial score (nSPS) is 19.6. The predicted molar refractivity (Wildman–Crippen MR) is 80.5 cm³/mol. The minimum absolute atomic E-state index is 0.0275. The highest BCUT2D eigenvalue weighted by Gasteiger charge is 2.18. The second-order valence-corrected chi connectivity index (χ2v) is 5.39. The Morgan fingerprint density at radius 3 is 3.05 bits per heavy atom. The molecule has 1 aromatic rings. The van der Waals surface area contributed by atoms with Gasteiger partial charge in [0.2, 0.25) is 5.91 Å². The largest absolute Gasteiger partial charge is 0.495 e. The maximum absolute atomic E-state index is 12.0. The maximum Gasteiger partial charge on any atom is 0.238 e. The van der Waals surface area contributed by atoms with Crippen LogP contribution in [0.3, 0.4) is 0 Å². The minimum Gasteiger partial charge on any atom is -0.495 e. The van der Waals surface area contributed by atoms with Crippen molar-refractivity contribution >= 4 is 23.2 Å². The Hall–Kier alpha value is -1.30. The van der Waals surface area contributed by atoms with Crippen molar-refractivity contribution in [3.8, 4) is 5.75 Å². The second kappa shape index (κ2) is 6.92. The first-order valence-corrected chi connectivity index (χ1v) is 7.05. The SMILES string of the molecule is COc1ccc(NC(=O)CN2CCN[C@@H](C)C2)cc1Cl. The zero-order valence-corrected chi connectivity index (χ0v) is 12.5. The van der Waals surface area contributed by atoms with Crippen LogP contribution in [0.4, 0.5) is 5.69 Å². The van der Waals surface area contributed by atoms with Gasteiger partial charge in [0.1, 0.15) is 5.75 Å². The number of ether oxygens (including phenoxy) is 1. The number of methoxy groups -OCH3 is 1. The lowest BCUT2D eigenvalue weighted by Crippen LogP contribution is -2.51. The summed E-state index contributed by atoms with van der Waals surface area (Å²) in [6.07, 6.45) is 0. The number of anilines is 1. The monoisotopic (exact) mass is 297 g/mol. The van der Waals surface area contributed by atoms with Gasteiger partial charge in [-0.15, -0.1) is 0 Å². The van der Waals surface area contributed by atoms with E-state index >= 15 is 0 Å². The number of halogens is 1. The summed E-state index contributed by atoms with van der Waals surface area (Å²) in [5.41, 5.74) is 0.684. The van der Waals surface area contributed by atoms with Crippen molar-refractivity contribution in [3.63, 3.8) is 0 Å². The van der Waals surface area contributed by atoms with E-state index in [9.17, 15) is 4.79 Å². The van der Waals surface area contributed by atoms with Gasteiger partial charge in [-0.1, -0.05) is 11.6 Å². The molecule has 0 bridgehead atoms. The lowest BCUT2D eigenvalue weighted by atomic mass is 10.2. The van der Waals surface area contributed by atoms with Crippen molar-refractivity contribution in [1.82, 2.24) is 10.2 Å². The van der Waals surface area contributed by atoms with Gasteiger partial charge in [0, 0.05) is 31.4 Å². The molecule has 6 heteroatoms. The Bertz CT molecular complexity index is 481. The Kier molecular flexibility index (Phi) is 5.23. The van der Waals surface area contributed by atoms with Gasteiger partial charge in [-0.3, -0.25) is 9.69 Å². The maximum atomic E-state index is 12.0. The Labute approximate surface area is 124 Å². The van der Waals surface area contributed by atoms with Crippen molar-refractivity contribution in [1.29, 1.82) is 0 Å². The van der Waals surface area contributed by atoms with Crippen LogP contribution in [-0.4, -0.2) is 50.1 Å². The number of carbonyl (C=O) groups is 1. The molecule has 1 heterocycles. The summed E-state index contributed by atoms with van der Waals surface area (Å²) in [4.78, 5) is 14.1. The quantitative estimate of drug-likeness (QED) is 0.886. The van der Waals surface area contributed by atoms with Gasteiger partial charge < -0.3 is 15.4 Å². The smallest absolute Gasteiger partial charge is 0.238 e. The average Bonchev–Trinajstić information content (AvgIpc) is 2.38. The number of piperazine rings is 1. The molecule has 2 rings (SSSR count). The molecule has 2 N–H and O–H groups in total. The van der Waals surface area contributed by atoms with Gasteiger partial charge in [0.05, 0.1) is 18.7 Å². The molecule has 110 valence electrons. The molecule has 0 radical (unpaired) electrons. The van der Waals surface area contributed by atoms with Gasteiger partial charge in [0.15, 0.2) is 0 Å². The number of rotatable bonds is 4. The summed E-state index contributed by atoms with van der Waals surface area (Å²) in [5, 5.41) is 6.69. The van der Waals surface area contributed by atoms with E-state index < -0.39 is 0 Å². The zero-order valence-electron chi connectivity index (χ0n) is 11.8. The third kappa shape index (κ3) is 4.10. The summed E-state index contributed by atoms with van der Waals surface area (Å²) < 4.78 is 5.08. The molecule has 1 fully saturated rings. The van der Waals surface area contributed by atoms with Crippen LogP contribution in [0.5, 0.6) is 5.75 Å². The van der Waals surface area contributed by atoms with Crippen LogP contribution in [0.1, 0.15) is 6.92 Å². The van der Waals surface area contributed by atoms with Crippen LogP contribution in [0.15, 0.2) is 18.2 Å². The van der Waals surface area contributed by atoms with E-state index in [-0.39, 0.29) is 5.91 Å². The van der Waals surface area contributed by atoms with E-state index in [0.29, 0.717) is 29.0 Å². The van der Waals surface area contributed by atoms with Gasteiger partial charge in [-0.25, -0.2) is 0 Å². The molecule has 0 aromatic heterocycles. The predicted octanol–water partition coefficient (Wildman–Crippen LogP) is 1.58. The van der Waals surface area contributed by atoms with E-state index in [2.05, 4.69) is 22.5 Å². The van der Waals surface area contributed by atoms with Crippen LogP contribution in [0.25, 0.3) is 0 Å². The van der Waals surface area contributed by atoms with Gasteiger partial charge in [-0.05, 0) is 25.1 Å². The number of nitrogens with zero attached hydrogens (tertiary/aromatic N) is 1. The fraction of sp³-hybridized carbons (Fsp3) is 0.500. The van der Waals surface area contributed by atoms with E-state index in [1.165, 1.54) is 0 Å².